The van der Waals surface area contributed by atoms with Crippen LogP contribution in [0.4, 0.5) is 0 Å². The van der Waals surface area contributed by atoms with Gasteiger partial charge in [0.05, 0.1) is 24.3 Å². The van der Waals surface area contributed by atoms with Crippen molar-refractivity contribution in [3.63, 3.8) is 0 Å². The summed E-state index contributed by atoms with van der Waals surface area (Å²) in [7, 11) is 0. The van der Waals surface area contributed by atoms with Crippen LogP contribution < -0.4 is 0 Å². The van der Waals surface area contributed by atoms with Gasteiger partial charge in [0.25, 0.3) is 0 Å². The lowest BCUT2D eigenvalue weighted by Crippen LogP contribution is -2.41. The van der Waals surface area contributed by atoms with Gasteiger partial charge in [0.15, 0.2) is 5.78 Å². The molecule has 1 aliphatic heterocycles. The Bertz CT molecular complexity index is 987. The average molecular weight is 406 g/mol. The molecule has 1 fully saturated rings. The third-order valence-corrected chi connectivity index (χ3v) is 5.69. The molecule has 0 saturated carbocycles. The molecule has 1 aromatic heterocycles. The molecule has 4 rings (SSSR count). The van der Waals surface area contributed by atoms with E-state index in [2.05, 4.69) is 35.5 Å². The molecular weight excluding hydrogens is 380 g/mol. The van der Waals surface area contributed by atoms with Crippen molar-refractivity contribution >= 4 is 17.3 Å². The summed E-state index contributed by atoms with van der Waals surface area (Å²) in [5, 5.41) is 13.9. The van der Waals surface area contributed by atoms with Crippen LogP contribution in [-0.4, -0.2) is 45.5 Å². The van der Waals surface area contributed by atoms with E-state index in [0.717, 1.165) is 12.0 Å². The summed E-state index contributed by atoms with van der Waals surface area (Å²) >= 11 is 0. The Labute approximate surface area is 175 Å². The van der Waals surface area contributed by atoms with Gasteiger partial charge in [0, 0.05) is 25.5 Å². The second-order valence-electron chi connectivity index (χ2n) is 8.02. The molecule has 0 bridgehead atoms. The van der Waals surface area contributed by atoms with E-state index >= 15 is 0 Å². The van der Waals surface area contributed by atoms with Gasteiger partial charge in [0.1, 0.15) is 5.76 Å². The number of β-amino-alcohol motifs (C(OH)–C–C–N with tert-alkyl or cyclic N) is 1. The van der Waals surface area contributed by atoms with Gasteiger partial charge in [-0.25, -0.2) is 0 Å². The van der Waals surface area contributed by atoms with Gasteiger partial charge in [-0.1, -0.05) is 47.7 Å². The van der Waals surface area contributed by atoms with E-state index in [0.29, 0.717) is 30.7 Å². The maximum atomic E-state index is 12.9. The fraction of sp³-hybridized carbons (Fsp3) is 0.375. The molecule has 6 nitrogen and oxygen atoms in total. The molecule has 0 unspecified atom stereocenters. The molecule has 6 heteroatoms. The second kappa shape index (κ2) is 8.79. The number of rotatable bonds is 7. The average Bonchev–Trinajstić information content (AvgIpc) is 3.48. The van der Waals surface area contributed by atoms with E-state index in [1.165, 1.54) is 16.0 Å². The van der Waals surface area contributed by atoms with Gasteiger partial charge in [0.2, 0.25) is 5.91 Å². The summed E-state index contributed by atoms with van der Waals surface area (Å²) in [6, 6.07) is 9.39. The molecule has 1 aromatic carbocycles. The zero-order chi connectivity index (χ0) is 21.1. The molecule has 2 heterocycles. The van der Waals surface area contributed by atoms with Crippen LogP contribution in [0.5, 0.6) is 0 Å². The second-order valence-corrected chi connectivity index (χ2v) is 8.02. The maximum absolute atomic E-state index is 12.9. The highest BCUT2D eigenvalue weighted by atomic mass is 16.5. The summed E-state index contributed by atoms with van der Waals surface area (Å²) in [6.07, 6.45) is 8.03. The largest absolute Gasteiger partial charge is 0.391 e. The monoisotopic (exact) mass is 406 g/mol. The number of likely N-dealkylation sites (tertiary alicyclic amines) is 1. The molecule has 2 aromatic rings. The SMILES string of the molecule is Cc1cc(CC(=O)N2C[C@H](O)C[C@H]2C(=O)CCc2ccc(C3=CCC=C3)cc2)on1. The van der Waals surface area contributed by atoms with Gasteiger partial charge in [-0.3, -0.25) is 9.59 Å². The van der Waals surface area contributed by atoms with Gasteiger partial charge in [-0.05, 0) is 36.5 Å². The van der Waals surface area contributed by atoms with E-state index in [4.69, 9.17) is 4.52 Å². The number of aromatic nitrogens is 1. The fourth-order valence-electron chi connectivity index (χ4n) is 4.12. The van der Waals surface area contributed by atoms with Crippen LogP contribution in [0.1, 0.15) is 41.8 Å². The van der Waals surface area contributed by atoms with Crippen LogP contribution in [0, 0.1) is 6.92 Å². The number of aliphatic hydroxyl groups excluding tert-OH is 1. The highest BCUT2D eigenvalue weighted by molar-refractivity contribution is 5.90. The van der Waals surface area contributed by atoms with Crippen molar-refractivity contribution in [1.29, 1.82) is 0 Å². The Morgan fingerprint density at radius 2 is 2.07 bits per heavy atom. The normalized spacial score (nSPS) is 20.6. The van der Waals surface area contributed by atoms with Crippen LogP contribution in [-0.2, 0) is 22.4 Å². The van der Waals surface area contributed by atoms with Gasteiger partial charge < -0.3 is 14.5 Å². The number of hydrogen-bond donors (Lipinski definition) is 1. The van der Waals surface area contributed by atoms with Gasteiger partial charge in [-0.15, -0.1) is 0 Å². The quantitative estimate of drug-likeness (QED) is 0.764. The molecular formula is C24H26N2O4. The Hall–Kier alpha value is -2.99. The molecule has 1 amide bonds. The number of nitrogens with zero attached hydrogens (tertiary/aromatic N) is 2. The molecule has 0 spiro atoms. The Morgan fingerprint density at radius 1 is 1.27 bits per heavy atom. The number of aryl methyl sites for hydroxylation is 2. The molecule has 2 atom stereocenters. The van der Waals surface area contributed by atoms with Crippen LogP contribution in [0.2, 0.25) is 0 Å². The summed E-state index contributed by atoms with van der Waals surface area (Å²) in [5.74, 6) is 0.236. The minimum Gasteiger partial charge on any atom is -0.391 e. The van der Waals surface area contributed by atoms with Gasteiger partial charge >= 0.3 is 0 Å². The lowest BCUT2D eigenvalue weighted by Gasteiger charge is -2.23. The molecule has 2 aliphatic rings. The van der Waals surface area contributed by atoms with Crippen molar-refractivity contribution in [2.75, 3.05) is 6.54 Å². The first kappa shape index (κ1) is 20.3. The Morgan fingerprint density at radius 3 is 2.73 bits per heavy atom. The van der Waals surface area contributed by atoms with Crippen LogP contribution in [0.3, 0.4) is 0 Å². The standard InChI is InChI=1S/C24H26N2O4/c1-16-12-21(30-25-16)14-24(29)26-15-20(27)13-22(26)23(28)11-8-17-6-9-19(10-7-17)18-4-2-3-5-18/h2,4-7,9-10,12,20,22,27H,3,8,11,13-15H2,1H3/t20-,22+/m1/s1. The number of carbonyl (C=O) groups excluding carboxylic acids is 2. The smallest absolute Gasteiger partial charge is 0.231 e. The van der Waals surface area contributed by atoms with Crippen molar-refractivity contribution in [3.05, 3.63) is 71.1 Å². The number of Topliss-reactive ketones (excluding diaryl/α,β-unsaturated/α-hetero) is 1. The highest BCUT2D eigenvalue weighted by Gasteiger charge is 2.38. The molecule has 30 heavy (non-hydrogen) atoms. The molecule has 1 saturated heterocycles. The van der Waals surface area contributed by atoms with Crippen LogP contribution in [0.15, 0.2) is 53.1 Å². The fourth-order valence-corrected chi connectivity index (χ4v) is 4.12. The first-order chi connectivity index (χ1) is 14.5. The summed E-state index contributed by atoms with van der Waals surface area (Å²) in [4.78, 5) is 27.0. The van der Waals surface area contributed by atoms with Crippen molar-refractivity contribution < 1.29 is 19.2 Å². The van der Waals surface area contributed by atoms with Crippen LogP contribution in [0.25, 0.3) is 5.57 Å². The minimum absolute atomic E-state index is 0.0147. The van der Waals surface area contributed by atoms with E-state index in [9.17, 15) is 14.7 Å². The molecule has 156 valence electrons. The predicted octanol–water partition coefficient (Wildman–Crippen LogP) is 3.03. The number of ketones is 1. The Balaban J connectivity index is 1.35. The van der Waals surface area contributed by atoms with E-state index in [1.807, 2.05) is 12.1 Å². The van der Waals surface area contributed by atoms with E-state index in [1.54, 1.807) is 13.0 Å². The number of carbonyl (C=O) groups is 2. The molecule has 0 radical (unpaired) electrons. The number of allylic oxidation sites excluding steroid dienone is 4. The zero-order valence-corrected chi connectivity index (χ0v) is 17.1. The van der Waals surface area contributed by atoms with Crippen molar-refractivity contribution in [2.24, 2.45) is 0 Å². The number of benzene rings is 1. The van der Waals surface area contributed by atoms with E-state index < -0.39 is 12.1 Å². The molecule has 1 aliphatic carbocycles. The first-order valence-corrected chi connectivity index (χ1v) is 10.4. The number of amides is 1. The van der Waals surface area contributed by atoms with Crippen molar-refractivity contribution in [2.45, 2.75) is 51.2 Å². The van der Waals surface area contributed by atoms with Gasteiger partial charge in [-0.2, -0.15) is 0 Å². The minimum atomic E-state index is -0.675. The lowest BCUT2D eigenvalue weighted by atomic mass is 9.99. The topological polar surface area (TPSA) is 83.6 Å². The zero-order valence-electron chi connectivity index (χ0n) is 17.1. The lowest BCUT2D eigenvalue weighted by molar-refractivity contribution is -0.137. The third kappa shape index (κ3) is 4.60. The third-order valence-electron chi connectivity index (χ3n) is 5.69. The van der Waals surface area contributed by atoms with Crippen LogP contribution >= 0.6 is 0 Å². The predicted molar refractivity (Wildman–Crippen MR) is 113 cm³/mol. The maximum Gasteiger partial charge on any atom is 0.231 e. The van der Waals surface area contributed by atoms with Crippen molar-refractivity contribution in [3.8, 4) is 0 Å². The highest BCUT2D eigenvalue weighted by Crippen LogP contribution is 2.24. The first-order valence-electron chi connectivity index (χ1n) is 10.4. The summed E-state index contributed by atoms with van der Waals surface area (Å²) < 4.78 is 5.12. The summed E-state index contributed by atoms with van der Waals surface area (Å²) in [6.45, 7) is 1.97. The Kier molecular flexibility index (Phi) is 5.95. The summed E-state index contributed by atoms with van der Waals surface area (Å²) in [5.41, 5.74) is 4.20. The number of hydrogen-bond acceptors (Lipinski definition) is 5. The van der Waals surface area contributed by atoms with E-state index in [-0.39, 0.29) is 24.7 Å². The number of aliphatic hydroxyl groups is 1. The molecule has 1 N–H and O–H groups in total. The van der Waals surface area contributed by atoms with Crippen molar-refractivity contribution in [1.82, 2.24) is 10.1 Å².